The molecule has 0 aromatic heterocycles. The second kappa shape index (κ2) is 4.11. The lowest BCUT2D eigenvalue weighted by Gasteiger charge is -2.40. The van der Waals surface area contributed by atoms with Crippen molar-refractivity contribution in [3.63, 3.8) is 0 Å². The Kier molecular flexibility index (Phi) is 2.94. The Morgan fingerprint density at radius 2 is 1.86 bits per heavy atom. The number of hydrogen-bond acceptors (Lipinski definition) is 3. The van der Waals surface area contributed by atoms with Crippen LogP contribution in [0.3, 0.4) is 0 Å². The molecule has 2 atom stereocenters. The maximum absolute atomic E-state index is 11.5. The van der Waals surface area contributed by atoms with Crippen LogP contribution in [0.5, 0.6) is 5.75 Å². The van der Waals surface area contributed by atoms with Crippen molar-refractivity contribution in [1.29, 1.82) is 0 Å². The van der Waals surface area contributed by atoms with Crippen molar-refractivity contribution in [2.24, 2.45) is 0 Å². The minimum Gasteiger partial charge on any atom is -0.484 e. The minimum atomic E-state index is -4.29. The summed E-state index contributed by atoms with van der Waals surface area (Å²) in [6.07, 6.45) is 1.53. The van der Waals surface area contributed by atoms with Gasteiger partial charge in [-0.15, -0.1) is 0 Å². The van der Waals surface area contributed by atoms with Gasteiger partial charge in [-0.1, -0.05) is 13.8 Å². The molecule has 0 amide bonds. The highest BCUT2D eigenvalue weighted by molar-refractivity contribution is 7.60. The number of fused-ring (bicyclic) bond motifs is 3. The normalized spacial score (nSPS) is 32.9. The highest BCUT2D eigenvalue weighted by Gasteiger charge is 2.78. The Morgan fingerprint density at radius 3 is 2.38 bits per heavy atom. The van der Waals surface area contributed by atoms with Crippen LogP contribution in [-0.4, -0.2) is 21.0 Å². The SMILES string of the molecule is CCC12OC1(CC)C(C)(C)Oc1ccc(P(=O)(O)O)cc12. The van der Waals surface area contributed by atoms with Crippen molar-refractivity contribution in [2.75, 3.05) is 0 Å². The first-order chi connectivity index (χ1) is 9.63. The summed E-state index contributed by atoms with van der Waals surface area (Å²) in [5.41, 5.74) is -0.666. The molecule has 2 aliphatic heterocycles. The van der Waals surface area contributed by atoms with E-state index in [4.69, 9.17) is 9.47 Å². The fourth-order valence-electron chi connectivity index (χ4n) is 3.95. The summed E-state index contributed by atoms with van der Waals surface area (Å²) in [5.74, 6) is 0.653. The van der Waals surface area contributed by atoms with Gasteiger partial charge in [0.15, 0.2) is 0 Å². The van der Waals surface area contributed by atoms with Gasteiger partial charge < -0.3 is 19.3 Å². The maximum Gasteiger partial charge on any atom is 0.356 e. The van der Waals surface area contributed by atoms with E-state index in [1.807, 2.05) is 20.8 Å². The zero-order valence-corrected chi connectivity index (χ0v) is 13.6. The molecular formula is C15H21O5P. The molecule has 6 heteroatoms. The fraction of sp³-hybridized carbons (Fsp3) is 0.600. The van der Waals surface area contributed by atoms with Crippen LogP contribution in [0.15, 0.2) is 18.2 Å². The van der Waals surface area contributed by atoms with E-state index in [2.05, 4.69) is 6.92 Å². The first-order valence-electron chi connectivity index (χ1n) is 7.23. The van der Waals surface area contributed by atoms with E-state index in [1.165, 1.54) is 6.07 Å². The van der Waals surface area contributed by atoms with Gasteiger partial charge in [-0.25, -0.2) is 0 Å². The van der Waals surface area contributed by atoms with Crippen molar-refractivity contribution < 1.29 is 23.8 Å². The Labute approximate surface area is 124 Å². The lowest BCUT2D eigenvalue weighted by atomic mass is 9.71. The third kappa shape index (κ3) is 1.72. The van der Waals surface area contributed by atoms with E-state index in [0.29, 0.717) is 5.75 Å². The topological polar surface area (TPSA) is 79.3 Å². The van der Waals surface area contributed by atoms with Crippen LogP contribution in [0.1, 0.15) is 46.1 Å². The predicted octanol–water partition coefficient (Wildman–Crippen LogP) is 2.44. The van der Waals surface area contributed by atoms with Crippen LogP contribution >= 0.6 is 7.60 Å². The second-order valence-corrected chi connectivity index (χ2v) is 7.90. The van der Waals surface area contributed by atoms with Crippen molar-refractivity contribution in [1.82, 2.24) is 0 Å². The van der Waals surface area contributed by atoms with E-state index in [0.717, 1.165) is 18.4 Å². The van der Waals surface area contributed by atoms with Gasteiger partial charge in [0.1, 0.15) is 22.6 Å². The number of rotatable bonds is 3. The van der Waals surface area contributed by atoms with Crippen LogP contribution in [0.25, 0.3) is 0 Å². The number of benzene rings is 1. The number of ether oxygens (including phenoxy) is 2. The summed E-state index contributed by atoms with van der Waals surface area (Å²) >= 11 is 0. The first kappa shape index (κ1) is 15.0. The highest BCUT2D eigenvalue weighted by atomic mass is 31.2. The second-order valence-electron chi connectivity index (χ2n) is 6.30. The zero-order chi connectivity index (χ0) is 15.7. The van der Waals surface area contributed by atoms with Gasteiger partial charge >= 0.3 is 7.60 Å². The summed E-state index contributed by atoms with van der Waals surface area (Å²) < 4.78 is 23.8. The van der Waals surface area contributed by atoms with E-state index in [9.17, 15) is 14.4 Å². The van der Waals surface area contributed by atoms with Crippen LogP contribution in [0.4, 0.5) is 0 Å². The van der Waals surface area contributed by atoms with E-state index >= 15 is 0 Å². The molecule has 0 bridgehead atoms. The third-order valence-electron chi connectivity index (χ3n) is 5.03. The van der Waals surface area contributed by atoms with Crippen LogP contribution in [0.2, 0.25) is 0 Å². The summed E-state index contributed by atoms with van der Waals surface area (Å²) in [4.78, 5) is 18.8. The molecule has 0 saturated carbocycles. The summed E-state index contributed by atoms with van der Waals surface area (Å²) in [6.45, 7) is 8.11. The smallest absolute Gasteiger partial charge is 0.356 e. The van der Waals surface area contributed by atoms with Crippen molar-refractivity contribution in [3.8, 4) is 5.75 Å². The Morgan fingerprint density at radius 1 is 1.19 bits per heavy atom. The minimum absolute atomic E-state index is 0.0119. The molecule has 3 rings (SSSR count). The predicted molar refractivity (Wildman–Crippen MR) is 78.9 cm³/mol. The molecule has 5 nitrogen and oxygen atoms in total. The zero-order valence-electron chi connectivity index (χ0n) is 12.7. The van der Waals surface area contributed by atoms with Crippen LogP contribution < -0.4 is 10.0 Å². The van der Waals surface area contributed by atoms with Crippen LogP contribution in [-0.2, 0) is 14.9 Å². The van der Waals surface area contributed by atoms with Gasteiger partial charge in [0, 0.05) is 5.56 Å². The van der Waals surface area contributed by atoms with Crippen molar-refractivity contribution in [2.45, 2.75) is 57.3 Å². The quantitative estimate of drug-likeness (QED) is 0.662. The summed E-state index contributed by atoms with van der Waals surface area (Å²) in [5, 5.41) is 0.0119. The molecular weight excluding hydrogens is 291 g/mol. The van der Waals surface area contributed by atoms with Crippen molar-refractivity contribution in [3.05, 3.63) is 23.8 Å². The molecule has 2 N–H and O–H groups in total. The molecule has 0 aliphatic carbocycles. The van der Waals surface area contributed by atoms with Gasteiger partial charge in [0.05, 0.1) is 5.30 Å². The van der Waals surface area contributed by atoms with E-state index in [-0.39, 0.29) is 5.30 Å². The van der Waals surface area contributed by atoms with Crippen LogP contribution in [0, 0.1) is 0 Å². The standard InChI is InChI=1S/C15H21O5P/c1-5-14-11-9-10(21(16,17)18)7-8-12(11)19-13(3,4)15(14,6-2)20-14/h7-9H,5-6H2,1-4H3,(H2,16,17,18). The van der Waals surface area contributed by atoms with Crippen molar-refractivity contribution >= 4 is 12.9 Å². The monoisotopic (exact) mass is 312 g/mol. The van der Waals surface area contributed by atoms with Gasteiger partial charge in [0.25, 0.3) is 0 Å². The molecule has 1 fully saturated rings. The average Bonchev–Trinajstić information content (AvgIpc) is 3.09. The Hall–Kier alpha value is -0.870. The Bertz CT molecular complexity index is 649. The molecule has 2 heterocycles. The van der Waals surface area contributed by atoms with Gasteiger partial charge in [-0.05, 0) is 44.9 Å². The summed E-state index contributed by atoms with van der Waals surface area (Å²) in [6, 6.07) is 4.62. The molecule has 1 aromatic carbocycles. The number of hydrogen-bond donors (Lipinski definition) is 2. The molecule has 1 aromatic rings. The van der Waals surface area contributed by atoms with E-state index < -0.39 is 24.4 Å². The lowest BCUT2D eigenvalue weighted by molar-refractivity contribution is 0.0108. The average molecular weight is 312 g/mol. The molecule has 21 heavy (non-hydrogen) atoms. The third-order valence-corrected chi connectivity index (χ3v) is 5.98. The maximum atomic E-state index is 11.5. The molecule has 2 aliphatic rings. The fourth-order valence-corrected chi connectivity index (χ4v) is 4.51. The summed E-state index contributed by atoms with van der Waals surface area (Å²) in [7, 11) is -4.29. The molecule has 2 unspecified atom stereocenters. The highest BCUT2D eigenvalue weighted by Crippen LogP contribution is 2.69. The van der Waals surface area contributed by atoms with Gasteiger partial charge in [-0.3, -0.25) is 4.57 Å². The number of epoxide rings is 1. The molecule has 1 saturated heterocycles. The van der Waals surface area contributed by atoms with E-state index in [1.54, 1.807) is 12.1 Å². The first-order valence-corrected chi connectivity index (χ1v) is 8.84. The van der Waals surface area contributed by atoms with Gasteiger partial charge in [0.2, 0.25) is 0 Å². The largest absolute Gasteiger partial charge is 0.484 e. The molecule has 116 valence electrons. The van der Waals surface area contributed by atoms with Gasteiger partial charge in [-0.2, -0.15) is 0 Å². The Balaban J connectivity index is 2.22. The molecule has 0 spiro atoms. The molecule has 0 radical (unpaired) electrons. The lowest BCUT2D eigenvalue weighted by Crippen LogP contribution is -2.51.